The molecule has 8 atom stereocenters. The predicted octanol–water partition coefficient (Wildman–Crippen LogP) is 8.89. The molecule has 0 heterocycles. The summed E-state index contributed by atoms with van der Waals surface area (Å²) in [5, 5.41) is 0. The first-order valence-corrected chi connectivity index (χ1v) is 19.9. The van der Waals surface area contributed by atoms with E-state index in [0.29, 0.717) is 50.0 Å². The van der Waals surface area contributed by atoms with Gasteiger partial charge in [-0.05, 0) is 92.4 Å². The summed E-state index contributed by atoms with van der Waals surface area (Å²) in [7, 11) is 0. The Morgan fingerprint density at radius 2 is 0.868 bits per heavy atom. The summed E-state index contributed by atoms with van der Waals surface area (Å²) in [6.45, 7) is 3.55. The molecule has 0 saturated heterocycles. The number of carbonyl (C=O) groups is 1. The van der Waals surface area contributed by atoms with E-state index in [4.69, 9.17) is 19.9 Å². The molecule has 262 valence electrons. The zero-order valence-electron chi connectivity index (χ0n) is 29.9. The van der Waals surface area contributed by atoms with Crippen LogP contribution < -0.4 is 15.2 Å². The van der Waals surface area contributed by atoms with E-state index in [2.05, 4.69) is 72.8 Å². The molecule has 0 radical (unpaired) electrons. The quantitative estimate of drug-likeness (QED) is 0.105. The van der Waals surface area contributed by atoms with Crippen molar-refractivity contribution in [1.82, 2.24) is 0 Å². The SMILES string of the molecule is CC(=O)Oc1c2c(c(OCCOCCN)c3c1[C@H]1C[C@@H]3c3cc4c(cc31)[C@H]1C[C@@H]4c3ccccc31)[C@H]1C[C@@H]2c2cc3c(cc21)[C@H]1C[C@@H]3c2ccccc21. The van der Waals surface area contributed by atoms with E-state index in [1.165, 1.54) is 102 Å². The van der Waals surface area contributed by atoms with Gasteiger partial charge in [0.15, 0.2) is 0 Å². The van der Waals surface area contributed by atoms with Crippen molar-refractivity contribution in [2.24, 2.45) is 5.73 Å². The number of hydrogen-bond donors (Lipinski definition) is 1. The van der Waals surface area contributed by atoms with Crippen LogP contribution in [0.25, 0.3) is 0 Å². The summed E-state index contributed by atoms with van der Waals surface area (Å²) in [6.07, 6.45) is 4.38. The standard InChI is InChI=1S/C48H41NO4/c1-22(50)53-48-45-41-20-39(35-16-31-27-14-29(33(31)18-37(35)41)25-8-4-2-6-23(25)27)43(45)47(52-13-12-51-11-10-49)44-40-21-42(46(44)48)38-19-34-30-15-28(32(34)17-36(38)40)24-7-3-5-9-26(24)30/h2-9,16-19,27-30,39-42H,10-15,20-21,49H2,1H3/t27-,28+,29+,30-,39-,40+,41+,42-. The Labute approximate surface area is 309 Å². The Morgan fingerprint density at radius 3 is 1.25 bits per heavy atom. The molecule has 8 aliphatic carbocycles. The second-order valence-corrected chi connectivity index (χ2v) is 17.0. The molecule has 5 heteroatoms. The molecule has 0 aliphatic heterocycles. The first kappa shape index (κ1) is 29.7. The minimum atomic E-state index is -0.241. The van der Waals surface area contributed by atoms with Gasteiger partial charge >= 0.3 is 5.97 Å². The Morgan fingerprint density at radius 1 is 0.509 bits per heavy atom. The molecular weight excluding hydrogens is 655 g/mol. The average molecular weight is 696 g/mol. The van der Waals surface area contributed by atoms with E-state index in [1.54, 1.807) is 6.92 Å². The van der Waals surface area contributed by atoms with Gasteiger partial charge in [-0.2, -0.15) is 0 Å². The number of hydrogen-bond acceptors (Lipinski definition) is 5. The molecule has 0 fully saturated rings. The third-order valence-corrected chi connectivity index (χ3v) is 14.9. The van der Waals surface area contributed by atoms with Crippen LogP contribution in [0.2, 0.25) is 0 Å². The van der Waals surface area contributed by atoms with Crippen LogP contribution in [0.15, 0.2) is 72.8 Å². The fourth-order valence-corrected chi connectivity index (χ4v) is 13.2. The Kier molecular flexibility index (Phi) is 5.76. The summed E-state index contributed by atoms with van der Waals surface area (Å²) in [4.78, 5) is 13.1. The highest BCUT2D eigenvalue weighted by atomic mass is 16.5. The van der Waals surface area contributed by atoms with Gasteiger partial charge in [-0.1, -0.05) is 72.8 Å². The normalized spacial score (nSPS) is 28.0. The highest BCUT2D eigenvalue weighted by molar-refractivity contribution is 5.81. The number of ether oxygens (including phenoxy) is 3. The van der Waals surface area contributed by atoms with E-state index < -0.39 is 0 Å². The lowest BCUT2D eigenvalue weighted by Gasteiger charge is -2.33. The molecule has 5 aromatic carbocycles. The first-order valence-electron chi connectivity index (χ1n) is 19.9. The number of carbonyl (C=O) groups excluding carboxylic acids is 1. The smallest absolute Gasteiger partial charge is 0.308 e. The van der Waals surface area contributed by atoms with Crippen molar-refractivity contribution >= 4 is 5.97 Å². The van der Waals surface area contributed by atoms with Gasteiger partial charge in [-0.25, -0.2) is 0 Å². The van der Waals surface area contributed by atoms with Crippen LogP contribution in [0.4, 0.5) is 0 Å². The van der Waals surface area contributed by atoms with Gasteiger partial charge in [0.2, 0.25) is 0 Å². The Hall–Kier alpha value is -4.71. The zero-order chi connectivity index (χ0) is 34.9. The van der Waals surface area contributed by atoms with Crippen molar-refractivity contribution < 1.29 is 19.0 Å². The van der Waals surface area contributed by atoms with Crippen LogP contribution in [0.3, 0.4) is 0 Å². The fourth-order valence-electron chi connectivity index (χ4n) is 13.2. The van der Waals surface area contributed by atoms with E-state index in [0.717, 1.165) is 24.3 Å². The number of nitrogens with two attached hydrogens (primary N) is 1. The highest BCUT2D eigenvalue weighted by Crippen LogP contribution is 2.71. The minimum Gasteiger partial charge on any atom is -0.491 e. The van der Waals surface area contributed by atoms with Gasteiger partial charge in [-0.3, -0.25) is 4.79 Å². The molecule has 2 N–H and O–H groups in total. The van der Waals surface area contributed by atoms with E-state index in [1.807, 2.05) is 0 Å². The average Bonchev–Trinajstić information content (AvgIpc) is 4.05. The Balaban J connectivity index is 0.986. The lowest BCUT2D eigenvalue weighted by molar-refractivity contribution is -0.132. The summed E-state index contributed by atoms with van der Waals surface area (Å²) in [6, 6.07) is 28.4. The molecule has 13 rings (SSSR count). The number of benzene rings is 5. The molecule has 0 saturated carbocycles. The van der Waals surface area contributed by atoms with Gasteiger partial charge in [-0.15, -0.1) is 0 Å². The molecule has 53 heavy (non-hydrogen) atoms. The Bertz CT molecular complexity index is 2360. The highest BCUT2D eigenvalue weighted by Gasteiger charge is 2.55. The van der Waals surface area contributed by atoms with Crippen molar-refractivity contribution in [2.45, 2.75) is 80.0 Å². The molecule has 0 amide bonds. The van der Waals surface area contributed by atoms with E-state index >= 15 is 0 Å². The summed E-state index contributed by atoms with van der Waals surface area (Å²) >= 11 is 0. The molecular formula is C48H41NO4. The molecule has 5 nitrogen and oxygen atoms in total. The summed E-state index contributed by atoms with van der Waals surface area (Å²) in [5.74, 6) is 4.37. The van der Waals surface area contributed by atoms with E-state index in [9.17, 15) is 4.79 Å². The molecule has 5 aromatic rings. The van der Waals surface area contributed by atoms with Crippen molar-refractivity contribution in [3.8, 4) is 11.5 Å². The van der Waals surface area contributed by atoms with Crippen LogP contribution in [-0.4, -0.2) is 32.3 Å². The lowest BCUT2D eigenvalue weighted by atomic mass is 9.74. The summed E-state index contributed by atoms with van der Waals surface area (Å²) in [5.41, 5.74) is 28.7. The lowest BCUT2D eigenvalue weighted by Crippen LogP contribution is -2.19. The van der Waals surface area contributed by atoms with Gasteiger partial charge in [0, 0.05) is 83.1 Å². The van der Waals surface area contributed by atoms with Crippen molar-refractivity contribution in [1.29, 1.82) is 0 Å². The van der Waals surface area contributed by atoms with Crippen molar-refractivity contribution in [3.05, 3.63) is 162 Å². The summed E-state index contributed by atoms with van der Waals surface area (Å²) < 4.78 is 19.3. The maximum absolute atomic E-state index is 13.1. The molecule has 8 bridgehead atoms. The second kappa shape index (κ2) is 10.3. The molecule has 0 aromatic heterocycles. The topological polar surface area (TPSA) is 70.8 Å². The van der Waals surface area contributed by atoms with Gasteiger partial charge in [0.1, 0.15) is 18.1 Å². The zero-order valence-corrected chi connectivity index (χ0v) is 29.9. The first-order chi connectivity index (χ1) is 26.1. The maximum Gasteiger partial charge on any atom is 0.308 e. The second-order valence-electron chi connectivity index (χ2n) is 17.0. The van der Waals surface area contributed by atoms with E-state index in [-0.39, 0.29) is 29.6 Å². The third kappa shape index (κ3) is 3.59. The van der Waals surface area contributed by atoms with Crippen LogP contribution in [0.1, 0.15) is 169 Å². The van der Waals surface area contributed by atoms with Crippen LogP contribution in [-0.2, 0) is 9.53 Å². The van der Waals surface area contributed by atoms with Gasteiger partial charge in [0.25, 0.3) is 0 Å². The van der Waals surface area contributed by atoms with Crippen molar-refractivity contribution in [3.63, 3.8) is 0 Å². The third-order valence-electron chi connectivity index (χ3n) is 14.9. The molecule has 8 aliphatic rings. The van der Waals surface area contributed by atoms with Gasteiger partial charge < -0.3 is 19.9 Å². The number of esters is 1. The number of rotatable bonds is 7. The molecule has 0 spiro atoms. The molecule has 0 unspecified atom stereocenters. The maximum atomic E-state index is 13.1. The van der Waals surface area contributed by atoms with Crippen LogP contribution >= 0.6 is 0 Å². The fraction of sp³-hybridized carbons (Fsp3) is 0.354. The van der Waals surface area contributed by atoms with Crippen LogP contribution in [0, 0.1) is 0 Å². The number of fused-ring (bicyclic) bond motifs is 32. The predicted molar refractivity (Wildman–Crippen MR) is 202 cm³/mol. The monoisotopic (exact) mass is 695 g/mol. The van der Waals surface area contributed by atoms with Crippen LogP contribution in [0.5, 0.6) is 11.5 Å². The van der Waals surface area contributed by atoms with Crippen molar-refractivity contribution in [2.75, 3.05) is 26.4 Å². The minimum absolute atomic E-state index is 0.186. The largest absolute Gasteiger partial charge is 0.491 e. The van der Waals surface area contributed by atoms with Gasteiger partial charge in [0.05, 0.1) is 13.2 Å².